The van der Waals surface area contributed by atoms with Crippen molar-refractivity contribution in [3.63, 3.8) is 0 Å². The molecule has 6 nitrogen and oxygen atoms in total. The third-order valence-electron chi connectivity index (χ3n) is 4.02. The van der Waals surface area contributed by atoms with E-state index < -0.39 is 0 Å². The summed E-state index contributed by atoms with van der Waals surface area (Å²) in [6, 6.07) is 10.5. The topological polar surface area (TPSA) is 74.6 Å². The fourth-order valence-corrected chi connectivity index (χ4v) is 2.74. The number of rotatable bonds is 5. The lowest BCUT2D eigenvalue weighted by atomic mass is 10.1. The molecule has 0 atom stereocenters. The Morgan fingerprint density at radius 2 is 1.83 bits per heavy atom. The first kappa shape index (κ1) is 16.1. The van der Waals surface area contributed by atoms with Gasteiger partial charge in [-0.3, -0.25) is 9.59 Å². The molecule has 1 aromatic heterocycles. The number of carbonyl (C=O) groups excluding carboxylic acids is 2. The van der Waals surface area contributed by atoms with E-state index in [9.17, 15) is 9.59 Å². The Kier molecular flexibility index (Phi) is 5.15. The zero-order valence-electron chi connectivity index (χ0n) is 13.5. The largest absolute Gasteiger partial charge is 0.459 e. The molecule has 0 radical (unpaired) electrons. The highest BCUT2D eigenvalue weighted by Crippen LogP contribution is 2.16. The van der Waals surface area contributed by atoms with E-state index in [2.05, 4.69) is 10.6 Å². The molecule has 24 heavy (non-hydrogen) atoms. The van der Waals surface area contributed by atoms with Crippen LogP contribution in [0.5, 0.6) is 0 Å². The van der Waals surface area contributed by atoms with Gasteiger partial charge < -0.3 is 20.0 Å². The molecule has 1 fully saturated rings. The zero-order chi connectivity index (χ0) is 16.8. The highest BCUT2D eigenvalue weighted by molar-refractivity contribution is 6.02. The minimum absolute atomic E-state index is 0.111. The zero-order valence-corrected chi connectivity index (χ0v) is 13.5. The molecule has 2 heterocycles. The number of likely N-dealkylation sites (tertiary alicyclic amines) is 1. The van der Waals surface area contributed by atoms with Crippen molar-refractivity contribution in [2.45, 2.75) is 19.3 Å². The number of hydrogen-bond acceptors (Lipinski definition) is 4. The Morgan fingerprint density at radius 3 is 2.58 bits per heavy atom. The molecular weight excluding hydrogens is 306 g/mol. The molecule has 0 aliphatic carbocycles. The van der Waals surface area contributed by atoms with Gasteiger partial charge in [0.15, 0.2) is 5.76 Å². The van der Waals surface area contributed by atoms with E-state index in [-0.39, 0.29) is 24.1 Å². The molecule has 1 aromatic carbocycles. The monoisotopic (exact) mass is 327 g/mol. The van der Waals surface area contributed by atoms with Gasteiger partial charge in [-0.05, 0) is 49.6 Å². The maximum Gasteiger partial charge on any atom is 0.291 e. The van der Waals surface area contributed by atoms with Crippen LogP contribution in [0.3, 0.4) is 0 Å². The second-order valence-corrected chi connectivity index (χ2v) is 5.81. The van der Waals surface area contributed by atoms with Crippen LogP contribution in [0, 0.1) is 0 Å². The molecule has 2 aromatic rings. The number of benzene rings is 1. The van der Waals surface area contributed by atoms with E-state index in [1.54, 1.807) is 24.3 Å². The van der Waals surface area contributed by atoms with E-state index in [1.807, 2.05) is 17.0 Å². The summed E-state index contributed by atoms with van der Waals surface area (Å²) in [5.74, 6) is 0.0647. The van der Waals surface area contributed by atoms with Gasteiger partial charge >= 0.3 is 0 Å². The van der Waals surface area contributed by atoms with Crippen molar-refractivity contribution in [2.75, 3.05) is 30.3 Å². The maximum absolute atomic E-state index is 12.2. The van der Waals surface area contributed by atoms with Crippen LogP contribution in [-0.4, -0.2) is 36.3 Å². The van der Waals surface area contributed by atoms with Crippen LogP contribution >= 0.6 is 0 Å². The minimum atomic E-state index is -0.304. The van der Waals surface area contributed by atoms with E-state index >= 15 is 0 Å². The lowest BCUT2D eigenvalue weighted by Gasteiger charge is -2.26. The van der Waals surface area contributed by atoms with Crippen molar-refractivity contribution in [1.29, 1.82) is 0 Å². The molecular formula is C18H21N3O3. The Balaban J connectivity index is 1.55. The van der Waals surface area contributed by atoms with E-state index in [4.69, 9.17) is 4.42 Å². The fraction of sp³-hybridized carbons (Fsp3) is 0.333. The van der Waals surface area contributed by atoms with Gasteiger partial charge in [0.05, 0.1) is 12.8 Å². The summed E-state index contributed by atoms with van der Waals surface area (Å²) in [5.41, 5.74) is 1.43. The molecule has 1 saturated heterocycles. The molecule has 0 spiro atoms. The molecule has 2 amide bonds. The van der Waals surface area contributed by atoms with Crippen molar-refractivity contribution >= 4 is 23.2 Å². The normalized spacial score (nSPS) is 14.2. The van der Waals surface area contributed by atoms with Gasteiger partial charge in [0.25, 0.3) is 5.91 Å². The van der Waals surface area contributed by atoms with Crippen LogP contribution in [-0.2, 0) is 4.79 Å². The average Bonchev–Trinajstić information content (AvgIpc) is 3.15. The Bertz CT molecular complexity index is 691. The molecule has 0 saturated carbocycles. The number of piperidine rings is 1. The standard InChI is InChI=1S/C18H21N3O3/c22-17(21-9-2-1-3-10-21)13-19-14-6-4-7-15(12-14)20-18(23)16-8-5-11-24-16/h4-8,11-12,19H,1-3,9-10,13H2,(H,20,23). The highest BCUT2D eigenvalue weighted by Gasteiger charge is 2.16. The van der Waals surface area contributed by atoms with Crippen molar-refractivity contribution in [3.05, 3.63) is 48.4 Å². The summed E-state index contributed by atoms with van der Waals surface area (Å²) < 4.78 is 5.07. The van der Waals surface area contributed by atoms with Crippen molar-refractivity contribution < 1.29 is 14.0 Å². The predicted octanol–water partition coefficient (Wildman–Crippen LogP) is 2.96. The second kappa shape index (κ2) is 7.68. The van der Waals surface area contributed by atoms with Crippen LogP contribution in [0.25, 0.3) is 0 Å². The smallest absolute Gasteiger partial charge is 0.291 e. The molecule has 1 aliphatic heterocycles. The summed E-state index contributed by atoms with van der Waals surface area (Å²) in [4.78, 5) is 26.0. The minimum Gasteiger partial charge on any atom is -0.459 e. The van der Waals surface area contributed by atoms with Crippen molar-refractivity contribution in [3.8, 4) is 0 Å². The first-order chi connectivity index (χ1) is 11.7. The molecule has 1 aliphatic rings. The van der Waals surface area contributed by atoms with Crippen molar-refractivity contribution in [2.24, 2.45) is 0 Å². The fourth-order valence-electron chi connectivity index (χ4n) is 2.74. The lowest BCUT2D eigenvalue weighted by molar-refractivity contribution is -0.130. The number of anilines is 2. The van der Waals surface area contributed by atoms with Gasteiger partial charge in [0, 0.05) is 24.5 Å². The first-order valence-electron chi connectivity index (χ1n) is 8.19. The number of nitrogens with one attached hydrogen (secondary N) is 2. The van der Waals surface area contributed by atoms with Gasteiger partial charge in [-0.2, -0.15) is 0 Å². The molecule has 2 N–H and O–H groups in total. The predicted molar refractivity (Wildman–Crippen MR) is 92.0 cm³/mol. The maximum atomic E-state index is 12.2. The van der Waals surface area contributed by atoms with E-state index in [1.165, 1.54) is 12.7 Å². The van der Waals surface area contributed by atoms with Gasteiger partial charge in [0.2, 0.25) is 5.91 Å². The summed E-state index contributed by atoms with van der Waals surface area (Å²) in [7, 11) is 0. The number of carbonyl (C=O) groups is 2. The summed E-state index contributed by atoms with van der Waals surface area (Å²) in [5, 5.41) is 5.89. The van der Waals surface area contributed by atoms with Crippen LogP contribution in [0.4, 0.5) is 11.4 Å². The summed E-state index contributed by atoms with van der Waals surface area (Å²) in [6.07, 6.45) is 4.83. The average molecular weight is 327 g/mol. The third kappa shape index (κ3) is 4.16. The third-order valence-corrected chi connectivity index (χ3v) is 4.02. The van der Waals surface area contributed by atoms with E-state index in [0.717, 1.165) is 31.6 Å². The second-order valence-electron chi connectivity index (χ2n) is 5.81. The lowest BCUT2D eigenvalue weighted by Crippen LogP contribution is -2.39. The van der Waals surface area contributed by atoms with Gasteiger partial charge in [0.1, 0.15) is 0 Å². The van der Waals surface area contributed by atoms with Crippen LogP contribution in [0.2, 0.25) is 0 Å². The molecule has 0 unspecified atom stereocenters. The quantitative estimate of drug-likeness (QED) is 0.885. The Morgan fingerprint density at radius 1 is 1.04 bits per heavy atom. The van der Waals surface area contributed by atoms with E-state index in [0.29, 0.717) is 5.69 Å². The summed E-state index contributed by atoms with van der Waals surface area (Å²) in [6.45, 7) is 1.95. The Hall–Kier alpha value is -2.76. The number of nitrogens with zero attached hydrogens (tertiary/aromatic N) is 1. The first-order valence-corrected chi connectivity index (χ1v) is 8.19. The molecule has 126 valence electrons. The summed E-state index contributed by atoms with van der Waals surface area (Å²) >= 11 is 0. The van der Waals surface area contributed by atoms with Gasteiger partial charge in [-0.1, -0.05) is 6.07 Å². The molecule has 0 bridgehead atoms. The number of hydrogen-bond donors (Lipinski definition) is 2. The van der Waals surface area contributed by atoms with Crippen LogP contribution in [0.1, 0.15) is 29.8 Å². The number of amides is 2. The molecule has 3 rings (SSSR count). The SMILES string of the molecule is O=C(Nc1cccc(NCC(=O)N2CCCCC2)c1)c1ccco1. The Labute approximate surface area is 140 Å². The molecule has 6 heteroatoms. The van der Waals surface area contributed by atoms with Gasteiger partial charge in [-0.15, -0.1) is 0 Å². The van der Waals surface area contributed by atoms with Crippen molar-refractivity contribution in [1.82, 2.24) is 4.90 Å². The van der Waals surface area contributed by atoms with Crippen LogP contribution < -0.4 is 10.6 Å². The van der Waals surface area contributed by atoms with Gasteiger partial charge in [-0.25, -0.2) is 0 Å². The number of furan rings is 1. The van der Waals surface area contributed by atoms with Crippen LogP contribution in [0.15, 0.2) is 47.1 Å². The highest BCUT2D eigenvalue weighted by atomic mass is 16.3.